The molecule has 0 unspecified atom stereocenters. The molecular formula is C9H11N3O. The van der Waals surface area contributed by atoms with Crippen LogP contribution in [0.2, 0.25) is 0 Å². The summed E-state index contributed by atoms with van der Waals surface area (Å²) in [6, 6.07) is 8.07. The van der Waals surface area contributed by atoms with E-state index in [1.807, 2.05) is 24.3 Å². The van der Waals surface area contributed by atoms with Crippen LogP contribution in [0.25, 0.3) is 0 Å². The zero-order valence-corrected chi connectivity index (χ0v) is 7.16. The fourth-order valence-electron chi connectivity index (χ4n) is 1.14. The number of nitrogens with one attached hydrogen (secondary N) is 1. The Hall–Kier alpha value is -1.71. The van der Waals surface area contributed by atoms with E-state index in [-0.39, 0.29) is 0 Å². The standard InChI is InChI=1S/C9H11N3O/c10-7-3-1-2-4-8(7)12-9-11-5-6-13-9/h1-4H,5-6,10H2,(H,11,12). The van der Waals surface area contributed by atoms with E-state index < -0.39 is 0 Å². The van der Waals surface area contributed by atoms with Crippen molar-refractivity contribution >= 4 is 17.4 Å². The highest BCUT2D eigenvalue weighted by Gasteiger charge is 2.07. The van der Waals surface area contributed by atoms with E-state index in [1.54, 1.807) is 0 Å². The Kier molecular flexibility index (Phi) is 2.04. The molecule has 4 heteroatoms. The molecule has 13 heavy (non-hydrogen) atoms. The highest BCUT2D eigenvalue weighted by atomic mass is 16.5. The zero-order valence-electron chi connectivity index (χ0n) is 7.16. The Morgan fingerprint density at radius 2 is 2.23 bits per heavy atom. The Morgan fingerprint density at radius 3 is 2.92 bits per heavy atom. The first-order valence-corrected chi connectivity index (χ1v) is 4.15. The van der Waals surface area contributed by atoms with Gasteiger partial charge in [0, 0.05) is 0 Å². The number of hydrogen-bond acceptors (Lipinski definition) is 4. The van der Waals surface area contributed by atoms with Gasteiger partial charge in [0.25, 0.3) is 6.02 Å². The summed E-state index contributed by atoms with van der Waals surface area (Å²) in [4.78, 5) is 4.10. The molecule has 0 saturated carbocycles. The molecule has 1 heterocycles. The molecule has 0 saturated heterocycles. The van der Waals surface area contributed by atoms with Crippen molar-refractivity contribution in [3.8, 4) is 0 Å². The predicted molar refractivity (Wildman–Crippen MR) is 52.7 cm³/mol. The third-order valence-corrected chi connectivity index (χ3v) is 1.79. The van der Waals surface area contributed by atoms with Gasteiger partial charge in [0.05, 0.1) is 17.9 Å². The molecule has 0 aliphatic carbocycles. The fourth-order valence-corrected chi connectivity index (χ4v) is 1.14. The van der Waals surface area contributed by atoms with Crippen molar-refractivity contribution in [1.29, 1.82) is 0 Å². The molecule has 0 atom stereocenters. The summed E-state index contributed by atoms with van der Waals surface area (Å²) in [5.41, 5.74) is 7.26. The molecular weight excluding hydrogens is 166 g/mol. The molecule has 3 N–H and O–H groups in total. The number of para-hydroxylation sites is 2. The van der Waals surface area contributed by atoms with Crippen LogP contribution >= 0.6 is 0 Å². The summed E-state index contributed by atoms with van der Waals surface area (Å²) >= 11 is 0. The predicted octanol–water partition coefficient (Wildman–Crippen LogP) is 1.07. The molecule has 0 spiro atoms. The van der Waals surface area contributed by atoms with E-state index in [0.717, 1.165) is 12.2 Å². The maximum Gasteiger partial charge on any atom is 0.289 e. The van der Waals surface area contributed by atoms with Crippen LogP contribution < -0.4 is 11.1 Å². The second kappa shape index (κ2) is 3.35. The monoisotopic (exact) mass is 177 g/mol. The first-order chi connectivity index (χ1) is 6.36. The van der Waals surface area contributed by atoms with Crippen molar-refractivity contribution in [2.24, 2.45) is 4.99 Å². The van der Waals surface area contributed by atoms with Crippen LogP contribution in [0.4, 0.5) is 11.4 Å². The molecule has 68 valence electrons. The normalized spacial score (nSPS) is 14.9. The molecule has 1 aromatic rings. The minimum Gasteiger partial charge on any atom is -0.463 e. The number of ether oxygens (including phenoxy) is 1. The summed E-state index contributed by atoms with van der Waals surface area (Å²) in [7, 11) is 0. The van der Waals surface area contributed by atoms with Crippen LogP contribution in [0, 0.1) is 0 Å². The van der Waals surface area contributed by atoms with E-state index in [9.17, 15) is 0 Å². The second-order valence-electron chi connectivity index (χ2n) is 2.75. The number of nitrogen functional groups attached to an aromatic ring is 1. The van der Waals surface area contributed by atoms with Gasteiger partial charge < -0.3 is 15.8 Å². The van der Waals surface area contributed by atoms with Crippen LogP contribution in [0.1, 0.15) is 0 Å². The van der Waals surface area contributed by atoms with Gasteiger partial charge in [-0.3, -0.25) is 0 Å². The first kappa shape index (κ1) is 7.91. The molecule has 1 aromatic carbocycles. The molecule has 0 amide bonds. The molecule has 1 aliphatic heterocycles. The molecule has 2 rings (SSSR count). The zero-order chi connectivity index (χ0) is 9.10. The smallest absolute Gasteiger partial charge is 0.289 e. The summed E-state index contributed by atoms with van der Waals surface area (Å²) in [6.07, 6.45) is 0. The number of amidine groups is 1. The number of rotatable bonds is 1. The van der Waals surface area contributed by atoms with Gasteiger partial charge >= 0.3 is 0 Å². The lowest BCUT2D eigenvalue weighted by Crippen LogP contribution is -2.12. The van der Waals surface area contributed by atoms with Crippen LogP contribution in [0.15, 0.2) is 29.3 Å². The largest absolute Gasteiger partial charge is 0.463 e. The van der Waals surface area contributed by atoms with Gasteiger partial charge in [-0.1, -0.05) is 12.1 Å². The van der Waals surface area contributed by atoms with Crippen LogP contribution in [-0.2, 0) is 4.74 Å². The second-order valence-corrected chi connectivity index (χ2v) is 2.75. The number of nitrogens with zero attached hydrogens (tertiary/aromatic N) is 1. The van der Waals surface area contributed by atoms with Crippen molar-refractivity contribution in [2.45, 2.75) is 0 Å². The third-order valence-electron chi connectivity index (χ3n) is 1.79. The third kappa shape index (κ3) is 1.72. The average molecular weight is 177 g/mol. The molecule has 0 fully saturated rings. The number of anilines is 2. The minimum absolute atomic E-state index is 0.554. The first-order valence-electron chi connectivity index (χ1n) is 4.15. The van der Waals surface area contributed by atoms with Gasteiger partial charge in [0.15, 0.2) is 0 Å². The van der Waals surface area contributed by atoms with Gasteiger partial charge in [-0.25, -0.2) is 4.99 Å². The van der Waals surface area contributed by atoms with Gasteiger partial charge in [0.2, 0.25) is 0 Å². The lowest BCUT2D eigenvalue weighted by atomic mass is 10.3. The minimum atomic E-state index is 0.554. The summed E-state index contributed by atoms with van der Waals surface area (Å²) < 4.78 is 5.20. The highest BCUT2D eigenvalue weighted by molar-refractivity contribution is 5.92. The topological polar surface area (TPSA) is 59.6 Å². The van der Waals surface area contributed by atoms with E-state index >= 15 is 0 Å². The maximum atomic E-state index is 5.73. The van der Waals surface area contributed by atoms with Crippen molar-refractivity contribution in [1.82, 2.24) is 0 Å². The van der Waals surface area contributed by atoms with Gasteiger partial charge in [0.1, 0.15) is 6.61 Å². The van der Waals surface area contributed by atoms with E-state index in [4.69, 9.17) is 10.5 Å². The quantitative estimate of drug-likeness (QED) is 0.631. The molecule has 0 radical (unpaired) electrons. The van der Waals surface area contributed by atoms with Crippen LogP contribution in [-0.4, -0.2) is 19.2 Å². The van der Waals surface area contributed by atoms with Crippen molar-refractivity contribution in [2.75, 3.05) is 24.2 Å². The fraction of sp³-hybridized carbons (Fsp3) is 0.222. The molecule has 0 aromatic heterocycles. The number of hydrogen-bond donors (Lipinski definition) is 2. The van der Waals surface area contributed by atoms with E-state index in [0.29, 0.717) is 18.3 Å². The van der Waals surface area contributed by atoms with Gasteiger partial charge in [-0.05, 0) is 12.1 Å². The van der Waals surface area contributed by atoms with Crippen molar-refractivity contribution in [3.63, 3.8) is 0 Å². The molecule has 0 bridgehead atoms. The number of aliphatic imine (C=N–C) groups is 1. The van der Waals surface area contributed by atoms with Crippen LogP contribution in [0.3, 0.4) is 0 Å². The highest BCUT2D eigenvalue weighted by Crippen LogP contribution is 2.17. The maximum absolute atomic E-state index is 5.73. The SMILES string of the molecule is Nc1ccccc1NC1=NCCO1. The Morgan fingerprint density at radius 1 is 1.38 bits per heavy atom. The lowest BCUT2D eigenvalue weighted by molar-refractivity contribution is 0.346. The van der Waals surface area contributed by atoms with Gasteiger partial charge in [-0.2, -0.15) is 0 Å². The van der Waals surface area contributed by atoms with Crippen molar-refractivity contribution < 1.29 is 4.74 Å². The summed E-state index contributed by atoms with van der Waals surface area (Å²) in [5.74, 6) is 0. The Bertz CT molecular complexity index is 335. The molecule has 1 aliphatic rings. The molecule has 4 nitrogen and oxygen atoms in total. The summed E-state index contributed by atoms with van der Waals surface area (Å²) in [6.45, 7) is 1.37. The Balaban J connectivity index is 2.13. The van der Waals surface area contributed by atoms with Crippen molar-refractivity contribution in [3.05, 3.63) is 24.3 Å². The van der Waals surface area contributed by atoms with Crippen LogP contribution in [0.5, 0.6) is 0 Å². The lowest BCUT2D eigenvalue weighted by Gasteiger charge is -2.07. The Labute approximate surface area is 76.4 Å². The van der Waals surface area contributed by atoms with E-state index in [2.05, 4.69) is 10.3 Å². The summed E-state index contributed by atoms with van der Waals surface area (Å²) in [5, 5.41) is 3.01. The van der Waals surface area contributed by atoms with Gasteiger partial charge in [-0.15, -0.1) is 0 Å². The number of nitrogens with two attached hydrogens (primary N) is 1. The number of benzene rings is 1. The van der Waals surface area contributed by atoms with E-state index in [1.165, 1.54) is 0 Å². The average Bonchev–Trinajstić information content (AvgIpc) is 2.61.